The van der Waals surface area contributed by atoms with Crippen LogP contribution in [-0.4, -0.2) is 184 Å². The third-order valence-electron chi connectivity index (χ3n) is 9.93. The van der Waals surface area contributed by atoms with E-state index < -0.39 is 136 Å². The van der Waals surface area contributed by atoms with Crippen molar-refractivity contribution in [2.45, 2.75) is 129 Å². The van der Waals surface area contributed by atoms with Gasteiger partial charge < -0.3 is 103 Å². The summed E-state index contributed by atoms with van der Waals surface area (Å²) in [5.74, 6) is 0. The zero-order valence-electron chi connectivity index (χ0n) is 27.8. The molecule has 1 aromatic rings. The van der Waals surface area contributed by atoms with Gasteiger partial charge in [0.05, 0.1) is 38.0 Å². The van der Waals surface area contributed by atoms with Gasteiger partial charge in [0.2, 0.25) is 0 Å². The van der Waals surface area contributed by atoms with E-state index in [4.69, 9.17) is 61.8 Å². The number of benzene rings is 1. The Hall–Kier alpha value is -1.58. The van der Waals surface area contributed by atoms with E-state index in [1.54, 1.807) is 30.3 Å². The molecule has 0 aromatic heterocycles. The van der Waals surface area contributed by atoms with Gasteiger partial charge in [-0.3, -0.25) is 0 Å². The highest BCUT2D eigenvalue weighted by molar-refractivity contribution is 5.17. The summed E-state index contributed by atoms with van der Waals surface area (Å²) in [5, 5.41) is 84.0. The minimum absolute atomic E-state index is 0.0510. The second-order valence-electron chi connectivity index (χ2n) is 13.4. The molecular formula is C31H53N5O15. The van der Waals surface area contributed by atoms with Gasteiger partial charge in [0.15, 0.2) is 18.9 Å². The van der Waals surface area contributed by atoms with Gasteiger partial charge in [-0.2, -0.15) is 0 Å². The molecule has 20 nitrogen and oxygen atoms in total. The van der Waals surface area contributed by atoms with Crippen LogP contribution in [0.5, 0.6) is 0 Å². The summed E-state index contributed by atoms with van der Waals surface area (Å²) in [6.07, 6.45) is -21.4. The molecule has 51 heavy (non-hydrogen) atoms. The first-order chi connectivity index (χ1) is 24.3. The smallest absolute Gasteiger partial charge is 0.187 e. The van der Waals surface area contributed by atoms with Crippen molar-refractivity contribution in [3.63, 3.8) is 0 Å². The molecule has 20 heteroatoms. The summed E-state index contributed by atoms with van der Waals surface area (Å²) >= 11 is 0. The summed E-state index contributed by atoms with van der Waals surface area (Å²) in [5.41, 5.74) is 31.2. The number of hydrogen-bond acceptors (Lipinski definition) is 20. The molecule has 1 aliphatic carbocycles. The van der Waals surface area contributed by atoms with Crippen LogP contribution in [-0.2, 0) is 33.2 Å². The molecule has 4 aliphatic rings. The van der Waals surface area contributed by atoms with E-state index in [0.29, 0.717) is 5.56 Å². The minimum Gasteiger partial charge on any atom is -0.394 e. The SMILES string of the molecule is NC[C@@H]1O[C@H](O[C@H]2[C@@H](OCC(O)c3ccccc3)[C@H](O[C@@H]3[C@@H](O)[C@H](N)C[C@H](N)[C@H]3O[C@H]3O[C@H](CO)[C@@H](O)[C@H](O)[C@H]3N)O[C@@H]2CO)[C@H](N)[C@@H](O)[C@@H]1O. The zero-order valence-corrected chi connectivity index (χ0v) is 27.8. The quantitative estimate of drug-likeness (QED) is 0.0894. The molecule has 0 bridgehead atoms. The fourth-order valence-corrected chi connectivity index (χ4v) is 6.83. The molecule has 0 radical (unpaired) electrons. The Bertz CT molecular complexity index is 1210. The van der Waals surface area contributed by atoms with Gasteiger partial charge in [0.25, 0.3) is 0 Å². The average molecular weight is 736 g/mol. The summed E-state index contributed by atoms with van der Waals surface area (Å²) < 4.78 is 42.2. The summed E-state index contributed by atoms with van der Waals surface area (Å²) in [6, 6.07) is 4.20. The first-order valence-corrected chi connectivity index (χ1v) is 16.9. The second kappa shape index (κ2) is 17.7. The highest BCUT2D eigenvalue weighted by atomic mass is 16.8. The van der Waals surface area contributed by atoms with Crippen LogP contribution in [0.2, 0.25) is 0 Å². The lowest BCUT2D eigenvalue weighted by atomic mass is 9.84. The van der Waals surface area contributed by atoms with E-state index in [1.807, 2.05) is 0 Å². The van der Waals surface area contributed by atoms with Crippen molar-refractivity contribution in [1.29, 1.82) is 0 Å². The van der Waals surface area contributed by atoms with Crippen LogP contribution in [0.1, 0.15) is 18.1 Å². The molecule has 0 amide bonds. The maximum atomic E-state index is 11.3. The highest BCUT2D eigenvalue weighted by Crippen LogP contribution is 2.36. The normalized spacial score (nSPS) is 47.0. The van der Waals surface area contributed by atoms with Crippen LogP contribution in [0.4, 0.5) is 0 Å². The van der Waals surface area contributed by atoms with Crippen LogP contribution < -0.4 is 28.7 Å². The first-order valence-electron chi connectivity index (χ1n) is 16.9. The molecule has 1 aromatic carbocycles. The lowest BCUT2D eigenvalue weighted by Gasteiger charge is -2.47. The Morgan fingerprint density at radius 3 is 1.75 bits per heavy atom. The van der Waals surface area contributed by atoms with Crippen LogP contribution in [0.3, 0.4) is 0 Å². The molecule has 1 saturated carbocycles. The molecule has 3 saturated heterocycles. The lowest BCUT2D eigenvalue weighted by molar-refractivity contribution is -0.312. The standard InChI is InChI=1S/C31H53N5O15/c32-7-15-21(41)23(43)18(35)29(46-15)50-26-17(9-38)48-31(28(26)45-10-14(39)11-4-2-1-3-5-11)51-27-20(40)12(33)6-13(34)25(27)49-30-19(36)24(44)22(42)16(8-37)47-30/h1-5,12-31,37-44H,6-10,32-36H2/t12-,13+,14?,15+,16-,17-,18-,19-,20+,21-,22-,23-,24-,25-,26-,27-,28-,29-,30-,31+/m1/s1. The van der Waals surface area contributed by atoms with E-state index >= 15 is 0 Å². The number of hydrogen-bond donors (Lipinski definition) is 13. The van der Waals surface area contributed by atoms with E-state index in [2.05, 4.69) is 0 Å². The van der Waals surface area contributed by atoms with Crippen molar-refractivity contribution in [2.24, 2.45) is 28.7 Å². The molecule has 3 aliphatic heterocycles. The Balaban J connectivity index is 1.42. The van der Waals surface area contributed by atoms with Gasteiger partial charge in [0, 0.05) is 18.6 Å². The molecule has 4 fully saturated rings. The summed E-state index contributed by atoms with van der Waals surface area (Å²) in [6.45, 7) is -1.84. The number of nitrogens with two attached hydrogens (primary N) is 5. The van der Waals surface area contributed by atoms with Crippen LogP contribution >= 0.6 is 0 Å². The average Bonchev–Trinajstić information content (AvgIpc) is 3.46. The number of ether oxygens (including phenoxy) is 7. The van der Waals surface area contributed by atoms with E-state index in [0.717, 1.165) is 0 Å². The molecule has 18 N–H and O–H groups in total. The third kappa shape index (κ3) is 8.71. The largest absolute Gasteiger partial charge is 0.394 e. The fraction of sp³-hybridized carbons (Fsp3) is 0.806. The summed E-state index contributed by atoms with van der Waals surface area (Å²) in [4.78, 5) is 0. The van der Waals surface area contributed by atoms with Gasteiger partial charge >= 0.3 is 0 Å². The summed E-state index contributed by atoms with van der Waals surface area (Å²) in [7, 11) is 0. The number of aliphatic hydroxyl groups excluding tert-OH is 8. The maximum Gasteiger partial charge on any atom is 0.187 e. The number of rotatable bonds is 13. The fourth-order valence-electron chi connectivity index (χ4n) is 6.83. The van der Waals surface area contributed by atoms with E-state index in [9.17, 15) is 40.9 Å². The van der Waals surface area contributed by atoms with Crippen molar-refractivity contribution in [1.82, 2.24) is 0 Å². The molecule has 5 rings (SSSR count). The highest BCUT2D eigenvalue weighted by Gasteiger charge is 2.55. The van der Waals surface area contributed by atoms with Gasteiger partial charge in [-0.15, -0.1) is 0 Å². The van der Waals surface area contributed by atoms with Crippen molar-refractivity contribution in [3.05, 3.63) is 35.9 Å². The van der Waals surface area contributed by atoms with Crippen LogP contribution in [0, 0.1) is 0 Å². The maximum absolute atomic E-state index is 11.3. The molecule has 3 heterocycles. The van der Waals surface area contributed by atoms with Crippen molar-refractivity contribution in [3.8, 4) is 0 Å². The Labute approximate surface area is 293 Å². The Kier molecular flexibility index (Phi) is 14.1. The van der Waals surface area contributed by atoms with E-state index in [1.165, 1.54) is 0 Å². The monoisotopic (exact) mass is 735 g/mol. The number of aliphatic hydroxyl groups is 8. The van der Waals surface area contributed by atoms with Crippen molar-refractivity contribution in [2.75, 3.05) is 26.4 Å². The third-order valence-corrected chi connectivity index (χ3v) is 9.93. The molecule has 1 unspecified atom stereocenters. The molecular weight excluding hydrogens is 682 g/mol. The lowest BCUT2D eigenvalue weighted by Crippen LogP contribution is -2.68. The van der Waals surface area contributed by atoms with Crippen LogP contribution in [0.15, 0.2) is 30.3 Å². The van der Waals surface area contributed by atoms with Gasteiger partial charge in [-0.1, -0.05) is 30.3 Å². The minimum atomic E-state index is -1.55. The molecule has 292 valence electrons. The zero-order chi connectivity index (χ0) is 37.1. The predicted molar refractivity (Wildman–Crippen MR) is 172 cm³/mol. The van der Waals surface area contributed by atoms with Gasteiger partial charge in [-0.25, -0.2) is 0 Å². The van der Waals surface area contributed by atoms with Crippen LogP contribution in [0.25, 0.3) is 0 Å². The topological polar surface area (TPSA) is 357 Å². The Morgan fingerprint density at radius 1 is 0.627 bits per heavy atom. The van der Waals surface area contributed by atoms with Crippen molar-refractivity contribution < 1.29 is 74.0 Å². The molecule has 0 spiro atoms. The van der Waals surface area contributed by atoms with Crippen molar-refractivity contribution >= 4 is 0 Å². The molecule has 20 atom stereocenters. The van der Waals surface area contributed by atoms with Gasteiger partial charge in [-0.05, 0) is 12.0 Å². The van der Waals surface area contributed by atoms with E-state index in [-0.39, 0.29) is 19.6 Å². The predicted octanol–water partition coefficient (Wildman–Crippen LogP) is -7.10. The Morgan fingerprint density at radius 2 is 1.16 bits per heavy atom. The second-order valence-corrected chi connectivity index (χ2v) is 13.4. The first kappa shape index (κ1) is 40.6. The van der Waals surface area contributed by atoms with Gasteiger partial charge in [0.1, 0.15) is 73.2 Å².